The van der Waals surface area contributed by atoms with E-state index in [2.05, 4.69) is 4.98 Å². The maximum absolute atomic E-state index is 13.2. The maximum Gasteiger partial charge on any atom is 0.332 e. The summed E-state index contributed by atoms with van der Waals surface area (Å²) in [6.45, 7) is 2.57. The summed E-state index contributed by atoms with van der Waals surface area (Å²) in [5, 5.41) is 0. The zero-order chi connectivity index (χ0) is 17.9. The summed E-state index contributed by atoms with van der Waals surface area (Å²) in [5.74, 6) is 0.257. The van der Waals surface area contributed by atoms with E-state index < -0.39 is 11.2 Å². The van der Waals surface area contributed by atoms with Crippen LogP contribution in [0, 0.1) is 5.82 Å². The Kier molecular flexibility index (Phi) is 3.18. The molecule has 3 aromatic heterocycles. The first-order valence-electron chi connectivity index (χ1n) is 7.87. The van der Waals surface area contributed by atoms with Gasteiger partial charge in [0.25, 0.3) is 5.56 Å². The number of halogens is 1. The highest BCUT2D eigenvalue weighted by Gasteiger charge is 2.20. The minimum atomic E-state index is -0.417. The van der Waals surface area contributed by atoms with Crippen molar-refractivity contribution in [1.29, 1.82) is 0 Å². The van der Waals surface area contributed by atoms with Crippen LogP contribution in [-0.2, 0) is 20.6 Å². The minimum Gasteiger partial charge on any atom is -0.310 e. The Morgan fingerprint density at radius 1 is 1.08 bits per heavy atom. The van der Waals surface area contributed by atoms with Crippen LogP contribution in [0.3, 0.4) is 0 Å². The fraction of sp³-hybridized carbons (Fsp3) is 0.235. The lowest BCUT2D eigenvalue weighted by atomic mass is 10.1. The highest BCUT2D eigenvalue weighted by Crippen LogP contribution is 2.25. The second-order valence-electron chi connectivity index (χ2n) is 5.93. The van der Waals surface area contributed by atoms with E-state index in [-0.39, 0.29) is 5.82 Å². The molecule has 0 aliphatic rings. The van der Waals surface area contributed by atoms with Crippen LogP contribution in [0.1, 0.15) is 6.92 Å². The van der Waals surface area contributed by atoms with Crippen LogP contribution in [0.4, 0.5) is 4.39 Å². The Bertz CT molecular complexity index is 1240. The Morgan fingerprint density at radius 2 is 1.76 bits per heavy atom. The van der Waals surface area contributed by atoms with E-state index in [0.29, 0.717) is 23.5 Å². The number of fused-ring (bicyclic) bond motifs is 3. The monoisotopic (exact) mass is 341 g/mol. The molecule has 0 fully saturated rings. The Balaban J connectivity index is 2.14. The number of nitrogens with zero attached hydrogens (tertiary/aromatic N) is 5. The smallest absolute Gasteiger partial charge is 0.310 e. The van der Waals surface area contributed by atoms with Gasteiger partial charge in [0.2, 0.25) is 5.78 Å². The van der Waals surface area contributed by atoms with Crippen molar-refractivity contribution >= 4 is 16.9 Å². The molecule has 0 aliphatic carbocycles. The molecule has 8 heteroatoms. The molecule has 128 valence electrons. The molecule has 0 bridgehead atoms. The van der Waals surface area contributed by atoms with Crippen LogP contribution < -0.4 is 11.2 Å². The third-order valence-electron chi connectivity index (χ3n) is 4.51. The van der Waals surface area contributed by atoms with Gasteiger partial charge in [-0.15, -0.1) is 0 Å². The third-order valence-corrected chi connectivity index (χ3v) is 4.51. The van der Waals surface area contributed by atoms with Gasteiger partial charge < -0.3 is 4.57 Å². The summed E-state index contributed by atoms with van der Waals surface area (Å²) in [6, 6.07) is 6.16. The zero-order valence-corrected chi connectivity index (χ0v) is 14.0. The molecule has 1 aromatic carbocycles. The van der Waals surface area contributed by atoms with Gasteiger partial charge in [-0.05, 0) is 36.8 Å². The van der Waals surface area contributed by atoms with Crippen molar-refractivity contribution in [3.63, 3.8) is 0 Å². The van der Waals surface area contributed by atoms with Crippen molar-refractivity contribution < 1.29 is 4.39 Å². The van der Waals surface area contributed by atoms with E-state index in [1.165, 1.54) is 23.7 Å². The number of benzene rings is 1. The second-order valence-corrected chi connectivity index (χ2v) is 5.93. The van der Waals surface area contributed by atoms with E-state index in [1.807, 2.05) is 11.5 Å². The fourth-order valence-electron chi connectivity index (χ4n) is 3.18. The predicted molar refractivity (Wildman–Crippen MR) is 92.2 cm³/mol. The number of hydrogen-bond acceptors (Lipinski definition) is 3. The Labute approximate surface area is 141 Å². The third kappa shape index (κ3) is 2.00. The Hall–Kier alpha value is -3.16. The van der Waals surface area contributed by atoms with E-state index >= 15 is 0 Å². The summed E-state index contributed by atoms with van der Waals surface area (Å²) in [5.41, 5.74) is 1.52. The molecule has 0 radical (unpaired) electrons. The van der Waals surface area contributed by atoms with E-state index in [9.17, 15) is 14.0 Å². The first-order chi connectivity index (χ1) is 11.9. The first kappa shape index (κ1) is 15.4. The summed E-state index contributed by atoms with van der Waals surface area (Å²) in [6.07, 6.45) is 1.80. The van der Waals surface area contributed by atoms with Gasteiger partial charge >= 0.3 is 5.69 Å². The van der Waals surface area contributed by atoms with Gasteiger partial charge in [0.15, 0.2) is 11.2 Å². The first-order valence-corrected chi connectivity index (χ1v) is 7.87. The normalized spacial score (nSPS) is 11.7. The highest BCUT2D eigenvalue weighted by atomic mass is 19.1. The van der Waals surface area contributed by atoms with Crippen LogP contribution in [0.2, 0.25) is 0 Å². The largest absolute Gasteiger partial charge is 0.332 e. The molecule has 0 aliphatic heterocycles. The van der Waals surface area contributed by atoms with E-state index in [4.69, 9.17) is 0 Å². The van der Waals surface area contributed by atoms with Gasteiger partial charge in [0.1, 0.15) is 5.82 Å². The molecule has 0 amide bonds. The van der Waals surface area contributed by atoms with E-state index in [0.717, 1.165) is 15.8 Å². The average molecular weight is 341 g/mol. The fourth-order valence-corrected chi connectivity index (χ4v) is 3.18. The standard InChI is InChI=1S/C17H16FN5O2/c1-4-22-12(10-5-7-11(18)8-6-10)9-23-13-14(19-16(22)23)20(2)17(25)21(3)15(13)24/h5-9H,4H2,1-3H3. The summed E-state index contributed by atoms with van der Waals surface area (Å²) >= 11 is 0. The quantitative estimate of drug-likeness (QED) is 0.555. The van der Waals surface area contributed by atoms with Gasteiger partial charge in [0, 0.05) is 26.8 Å². The summed E-state index contributed by atoms with van der Waals surface area (Å²) in [4.78, 5) is 29.2. The van der Waals surface area contributed by atoms with Crippen molar-refractivity contribution in [3.05, 3.63) is 57.1 Å². The van der Waals surface area contributed by atoms with Gasteiger partial charge in [-0.2, -0.15) is 4.98 Å². The Morgan fingerprint density at radius 3 is 2.40 bits per heavy atom. The molecule has 0 unspecified atom stereocenters. The molecule has 3 heterocycles. The molecule has 0 saturated heterocycles. The maximum atomic E-state index is 13.2. The molecule has 4 aromatic rings. The lowest BCUT2D eigenvalue weighted by Gasteiger charge is -2.06. The van der Waals surface area contributed by atoms with Crippen molar-refractivity contribution in [2.75, 3.05) is 0 Å². The predicted octanol–water partition coefficient (Wildman–Crippen LogP) is 1.51. The lowest BCUT2D eigenvalue weighted by Crippen LogP contribution is -2.37. The number of aryl methyl sites for hydroxylation is 2. The van der Waals surface area contributed by atoms with Crippen LogP contribution in [0.25, 0.3) is 28.2 Å². The average Bonchev–Trinajstić information content (AvgIpc) is 3.14. The molecule has 4 rings (SSSR count). The number of rotatable bonds is 2. The summed E-state index contributed by atoms with van der Waals surface area (Å²) in [7, 11) is 3.04. The van der Waals surface area contributed by atoms with E-state index in [1.54, 1.807) is 29.8 Å². The van der Waals surface area contributed by atoms with Gasteiger partial charge in [0.05, 0.1) is 5.69 Å². The van der Waals surface area contributed by atoms with Crippen molar-refractivity contribution in [2.45, 2.75) is 13.5 Å². The van der Waals surface area contributed by atoms with Crippen molar-refractivity contribution in [1.82, 2.24) is 23.1 Å². The van der Waals surface area contributed by atoms with Crippen LogP contribution in [0.5, 0.6) is 0 Å². The van der Waals surface area contributed by atoms with Crippen LogP contribution in [-0.4, -0.2) is 23.1 Å². The molecule has 0 saturated carbocycles. The van der Waals surface area contributed by atoms with Gasteiger partial charge in [-0.1, -0.05) is 0 Å². The molecule has 0 atom stereocenters. The molecular formula is C17H16FN5O2. The molecule has 7 nitrogen and oxygen atoms in total. The molecule has 0 spiro atoms. The van der Waals surface area contributed by atoms with Crippen LogP contribution >= 0.6 is 0 Å². The molecule has 25 heavy (non-hydrogen) atoms. The minimum absolute atomic E-state index is 0.308. The number of imidazole rings is 2. The number of aromatic nitrogens is 5. The summed E-state index contributed by atoms with van der Waals surface area (Å²) < 4.78 is 19.3. The zero-order valence-electron chi connectivity index (χ0n) is 14.0. The van der Waals surface area contributed by atoms with Gasteiger partial charge in [-0.25, -0.2) is 9.18 Å². The topological polar surface area (TPSA) is 66.2 Å². The van der Waals surface area contributed by atoms with Crippen molar-refractivity contribution in [2.24, 2.45) is 14.1 Å². The molecular weight excluding hydrogens is 325 g/mol. The highest BCUT2D eigenvalue weighted by molar-refractivity contribution is 5.78. The van der Waals surface area contributed by atoms with Crippen LogP contribution in [0.15, 0.2) is 40.1 Å². The van der Waals surface area contributed by atoms with Gasteiger partial charge in [-0.3, -0.25) is 18.3 Å². The number of hydrogen-bond donors (Lipinski definition) is 0. The second kappa shape index (κ2) is 5.17. The molecule has 0 N–H and O–H groups in total. The SMILES string of the molecule is CCn1c(-c2ccc(F)cc2)cn2c3c(=O)n(C)c(=O)n(C)c3nc12. The lowest BCUT2D eigenvalue weighted by molar-refractivity contribution is 0.628. The van der Waals surface area contributed by atoms with Crippen molar-refractivity contribution in [3.8, 4) is 11.3 Å².